The topological polar surface area (TPSA) is 81.6 Å². The van der Waals surface area contributed by atoms with Crippen molar-refractivity contribution in [3.05, 3.63) is 58.8 Å². The van der Waals surface area contributed by atoms with E-state index in [2.05, 4.69) is 37.4 Å². The van der Waals surface area contributed by atoms with Gasteiger partial charge < -0.3 is 15.3 Å². The fourth-order valence-corrected chi connectivity index (χ4v) is 5.13. The van der Waals surface area contributed by atoms with Crippen LogP contribution in [0.2, 0.25) is 0 Å². The van der Waals surface area contributed by atoms with E-state index in [0.29, 0.717) is 17.8 Å². The third-order valence-corrected chi connectivity index (χ3v) is 7.30. The van der Waals surface area contributed by atoms with E-state index >= 15 is 0 Å². The van der Waals surface area contributed by atoms with Crippen LogP contribution in [-0.2, 0) is 11.0 Å². The van der Waals surface area contributed by atoms with E-state index < -0.39 is 23.8 Å². The van der Waals surface area contributed by atoms with E-state index in [0.717, 1.165) is 67.4 Å². The Morgan fingerprint density at radius 2 is 1.79 bits per heavy atom. The number of carboxylic acids is 1. The first-order chi connectivity index (χ1) is 18.0. The highest BCUT2D eigenvalue weighted by Gasteiger charge is 2.33. The lowest BCUT2D eigenvalue weighted by atomic mass is 9.97. The summed E-state index contributed by atoms with van der Waals surface area (Å²) in [7, 11) is 0. The van der Waals surface area contributed by atoms with Crippen molar-refractivity contribution in [2.75, 3.05) is 42.9 Å². The number of nitrogens with zero attached hydrogens (tertiary/aromatic N) is 4. The van der Waals surface area contributed by atoms with E-state index in [-0.39, 0.29) is 12.0 Å². The van der Waals surface area contributed by atoms with Crippen molar-refractivity contribution in [1.82, 2.24) is 15.1 Å². The van der Waals surface area contributed by atoms with Gasteiger partial charge in [0.05, 0.1) is 17.3 Å². The normalized spacial score (nSPS) is 15.6. The minimum absolute atomic E-state index is 0.200. The summed E-state index contributed by atoms with van der Waals surface area (Å²) in [6.07, 6.45) is -2.64. The summed E-state index contributed by atoms with van der Waals surface area (Å²) in [5.41, 5.74) is 1.97. The van der Waals surface area contributed by atoms with Crippen LogP contribution >= 0.6 is 0 Å². The Morgan fingerprint density at radius 1 is 1.05 bits per heavy atom. The molecular formula is C28H34F3N5O2. The van der Waals surface area contributed by atoms with Crippen LogP contribution in [0.15, 0.2) is 36.4 Å². The average Bonchev–Trinajstić information content (AvgIpc) is 2.87. The fourth-order valence-electron chi connectivity index (χ4n) is 5.13. The molecule has 1 fully saturated rings. The van der Waals surface area contributed by atoms with Gasteiger partial charge in [-0.1, -0.05) is 18.2 Å². The number of hydrogen-bond donors (Lipinski definition) is 2. The molecule has 0 bridgehead atoms. The second kappa shape index (κ2) is 11.6. The third-order valence-electron chi connectivity index (χ3n) is 7.30. The van der Waals surface area contributed by atoms with Gasteiger partial charge in [0.25, 0.3) is 0 Å². The zero-order valence-electron chi connectivity index (χ0n) is 22.0. The molecule has 38 heavy (non-hydrogen) atoms. The quantitative estimate of drug-likeness (QED) is 0.338. The number of carbonyl (C=O) groups is 1. The van der Waals surface area contributed by atoms with Crippen LogP contribution < -0.4 is 10.2 Å². The lowest BCUT2D eigenvalue weighted by molar-refractivity contribution is -0.138. The Kier molecular flexibility index (Phi) is 8.40. The molecule has 1 aliphatic rings. The number of piperazine rings is 1. The molecule has 0 radical (unpaired) electrons. The van der Waals surface area contributed by atoms with Crippen LogP contribution in [0.5, 0.6) is 0 Å². The number of unbranched alkanes of at least 4 members (excludes halogenated alkanes) is 1. The number of hydrogen-bond acceptors (Lipinski definition) is 6. The molecule has 0 aliphatic carbocycles. The highest BCUT2D eigenvalue weighted by molar-refractivity contribution is 5.95. The summed E-state index contributed by atoms with van der Waals surface area (Å²) < 4.78 is 40.4. The number of aliphatic carboxylic acids is 1. The number of anilines is 2. The third kappa shape index (κ3) is 6.35. The summed E-state index contributed by atoms with van der Waals surface area (Å²) in [5.74, 6) is -0.215. The fraction of sp³-hybridized carbons (Fsp3) is 0.464. The largest absolute Gasteiger partial charge is 0.481 e. The van der Waals surface area contributed by atoms with Gasteiger partial charge in [-0.05, 0) is 69.5 Å². The van der Waals surface area contributed by atoms with Gasteiger partial charge in [-0.15, -0.1) is 5.10 Å². The number of benzene rings is 2. The predicted octanol–water partition coefficient (Wildman–Crippen LogP) is 5.82. The molecule has 1 atom stereocenters. The van der Waals surface area contributed by atoms with Crippen LogP contribution in [0.25, 0.3) is 10.8 Å². The monoisotopic (exact) mass is 529 g/mol. The van der Waals surface area contributed by atoms with Gasteiger partial charge >= 0.3 is 12.1 Å². The Hall–Kier alpha value is -3.40. The van der Waals surface area contributed by atoms with E-state index in [1.807, 2.05) is 19.9 Å². The van der Waals surface area contributed by atoms with Crippen molar-refractivity contribution in [3.8, 4) is 0 Å². The number of fused-ring (bicyclic) bond motifs is 1. The molecule has 1 aromatic heterocycles. The Balaban J connectivity index is 1.51. The molecule has 0 spiro atoms. The maximum Gasteiger partial charge on any atom is 0.416 e. The SMILES string of the molecule is Cc1c([C@@H](C)Nc2nnc(C)c3ccc(N4CCN(CCCCC(=O)O)CC4)cc23)cccc1C(F)(F)F. The number of aryl methyl sites for hydroxylation is 1. The zero-order chi connectivity index (χ0) is 27.4. The Labute approximate surface area is 220 Å². The van der Waals surface area contributed by atoms with E-state index in [1.54, 1.807) is 6.07 Å². The highest BCUT2D eigenvalue weighted by Crippen LogP contribution is 2.36. The Bertz CT molecular complexity index is 1290. The van der Waals surface area contributed by atoms with Crippen LogP contribution in [-0.4, -0.2) is 58.9 Å². The first-order valence-corrected chi connectivity index (χ1v) is 12.9. The van der Waals surface area contributed by atoms with Crippen molar-refractivity contribution in [2.45, 2.75) is 52.3 Å². The second-order valence-corrected chi connectivity index (χ2v) is 9.93. The number of nitrogens with one attached hydrogen (secondary N) is 1. The van der Waals surface area contributed by atoms with E-state index in [9.17, 15) is 18.0 Å². The van der Waals surface area contributed by atoms with Gasteiger partial charge in [0.15, 0.2) is 5.82 Å². The molecule has 0 amide bonds. The summed E-state index contributed by atoms with van der Waals surface area (Å²) in [4.78, 5) is 15.4. The lowest BCUT2D eigenvalue weighted by Gasteiger charge is -2.36. The lowest BCUT2D eigenvalue weighted by Crippen LogP contribution is -2.46. The standard InChI is InChI=1S/C28H34F3N5O2/c1-18-22(7-6-8-25(18)28(29,30)31)19(2)32-27-24-17-21(10-11-23(24)20(3)33-34-27)36-15-13-35(14-16-36)12-5-4-9-26(37)38/h6-8,10-11,17,19H,4-5,9,12-16H2,1-3H3,(H,32,34)(H,37,38)/t19-/m1/s1. The Morgan fingerprint density at radius 3 is 2.47 bits per heavy atom. The maximum absolute atomic E-state index is 13.5. The van der Waals surface area contributed by atoms with Gasteiger partial charge in [0.1, 0.15) is 0 Å². The molecule has 2 heterocycles. The molecule has 204 valence electrons. The molecular weight excluding hydrogens is 495 g/mol. The van der Waals surface area contributed by atoms with Gasteiger partial charge in [-0.25, -0.2) is 0 Å². The van der Waals surface area contributed by atoms with Crippen LogP contribution in [0.4, 0.5) is 24.7 Å². The molecule has 2 N–H and O–H groups in total. The molecule has 1 aliphatic heterocycles. The van der Waals surface area contributed by atoms with Crippen molar-refractivity contribution in [1.29, 1.82) is 0 Å². The molecule has 0 unspecified atom stereocenters. The molecule has 10 heteroatoms. The summed E-state index contributed by atoms with van der Waals surface area (Å²) in [6.45, 7) is 9.62. The van der Waals surface area contributed by atoms with Gasteiger partial charge in [0, 0.05) is 49.1 Å². The smallest absolute Gasteiger partial charge is 0.416 e. The highest BCUT2D eigenvalue weighted by atomic mass is 19.4. The van der Waals surface area contributed by atoms with Crippen molar-refractivity contribution in [2.24, 2.45) is 0 Å². The van der Waals surface area contributed by atoms with Crippen LogP contribution in [0.1, 0.15) is 54.6 Å². The molecule has 4 rings (SSSR count). The molecule has 7 nitrogen and oxygen atoms in total. The number of rotatable bonds is 9. The van der Waals surface area contributed by atoms with E-state index in [4.69, 9.17) is 5.11 Å². The second-order valence-electron chi connectivity index (χ2n) is 9.93. The first kappa shape index (κ1) is 27.6. The summed E-state index contributed by atoms with van der Waals surface area (Å²) in [6, 6.07) is 10.0. The average molecular weight is 530 g/mol. The number of aromatic nitrogens is 2. The first-order valence-electron chi connectivity index (χ1n) is 12.9. The molecule has 2 aromatic carbocycles. The minimum atomic E-state index is -4.41. The van der Waals surface area contributed by atoms with Gasteiger partial charge in [-0.2, -0.15) is 18.3 Å². The van der Waals surface area contributed by atoms with Crippen LogP contribution in [0, 0.1) is 13.8 Å². The van der Waals surface area contributed by atoms with Crippen molar-refractivity contribution in [3.63, 3.8) is 0 Å². The predicted molar refractivity (Wildman–Crippen MR) is 143 cm³/mol. The zero-order valence-corrected chi connectivity index (χ0v) is 22.0. The van der Waals surface area contributed by atoms with Gasteiger partial charge in [0.2, 0.25) is 0 Å². The number of carboxylic acid groups (broad SMARTS) is 1. The maximum atomic E-state index is 13.5. The van der Waals surface area contributed by atoms with Crippen LogP contribution in [0.3, 0.4) is 0 Å². The number of halogens is 3. The van der Waals surface area contributed by atoms with Crippen molar-refractivity contribution >= 4 is 28.2 Å². The summed E-state index contributed by atoms with van der Waals surface area (Å²) >= 11 is 0. The van der Waals surface area contributed by atoms with Gasteiger partial charge in [-0.3, -0.25) is 9.69 Å². The molecule has 0 saturated carbocycles. The molecule has 3 aromatic rings. The van der Waals surface area contributed by atoms with Crippen molar-refractivity contribution < 1.29 is 23.1 Å². The number of alkyl halides is 3. The minimum Gasteiger partial charge on any atom is -0.481 e. The van der Waals surface area contributed by atoms with E-state index in [1.165, 1.54) is 13.0 Å². The molecule has 1 saturated heterocycles. The summed E-state index contributed by atoms with van der Waals surface area (Å²) in [5, 5.41) is 22.6.